The molecule has 134 valence electrons. The number of benzene rings is 1. The molecule has 0 radical (unpaired) electrons. The Labute approximate surface area is 147 Å². The minimum atomic E-state index is -3.26. The monoisotopic (exact) mass is 364 g/mol. The molecule has 1 atom stereocenters. The maximum atomic E-state index is 14.1. The van der Waals surface area contributed by atoms with Crippen molar-refractivity contribution < 1.29 is 12.8 Å². The van der Waals surface area contributed by atoms with Gasteiger partial charge in [-0.15, -0.1) is 0 Å². The number of sulfonamides is 1. The summed E-state index contributed by atoms with van der Waals surface area (Å²) in [5.41, 5.74) is 1.78. The van der Waals surface area contributed by atoms with Crippen molar-refractivity contribution in [3.05, 3.63) is 41.8 Å². The second kappa shape index (κ2) is 7.05. The van der Waals surface area contributed by atoms with E-state index in [4.69, 9.17) is 0 Å². The number of hydrogen-bond donors (Lipinski definition) is 1. The lowest BCUT2D eigenvalue weighted by Gasteiger charge is -2.33. The fraction of sp³-hybridized carbons (Fsp3) is 0.412. The van der Waals surface area contributed by atoms with Crippen molar-refractivity contribution in [2.45, 2.75) is 25.8 Å². The molecule has 1 saturated heterocycles. The van der Waals surface area contributed by atoms with Crippen molar-refractivity contribution in [1.29, 1.82) is 0 Å². The van der Waals surface area contributed by atoms with Gasteiger partial charge in [-0.1, -0.05) is 12.1 Å². The molecule has 1 aromatic heterocycles. The van der Waals surface area contributed by atoms with Crippen LogP contribution in [0.2, 0.25) is 0 Å². The molecule has 0 spiro atoms. The summed E-state index contributed by atoms with van der Waals surface area (Å²) in [6.07, 6.45) is 4.44. The van der Waals surface area contributed by atoms with Crippen LogP contribution in [0.25, 0.3) is 11.3 Å². The van der Waals surface area contributed by atoms with Crippen LogP contribution in [0.3, 0.4) is 0 Å². The molecule has 3 rings (SSSR count). The second-order valence-corrected chi connectivity index (χ2v) is 8.14. The van der Waals surface area contributed by atoms with Gasteiger partial charge in [0.15, 0.2) is 0 Å². The third kappa shape index (κ3) is 4.32. The molecule has 0 amide bonds. The Morgan fingerprint density at radius 2 is 2.08 bits per heavy atom. The minimum absolute atomic E-state index is 0.175. The summed E-state index contributed by atoms with van der Waals surface area (Å²) in [5, 5.41) is 0. The first-order chi connectivity index (χ1) is 11.8. The largest absolute Gasteiger partial charge is 0.339 e. The zero-order valence-electron chi connectivity index (χ0n) is 14.2. The lowest BCUT2D eigenvalue weighted by molar-refractivity contribution is 0.463. The molecule has 0 bridgehead atoms. The van der Waals surface area contributed by atoms with Gasteiger partial charge in [-0.25, -0.2) is 27.5 Å². The summed E-state index contributed by atoms with van der Waals surface area (Å²) in [7, 11) is -3.26. The van der Waals surface area contributed by atoms with Gasteiger partial charge in [0.25, 0.3) is 0 Å². The maximum absolute atomic E-state index is 14.1. The Morgan fingerprint density at radius 1 is 1.32 bits per heavy atom. The lowest BCUT2D eigenvalue weighted by Crippen LogP contribution is -2.48. The Hall–Kier alpha value is -2.06. The summed E-state index contributed by atoms with van der Waals surface area (Å²) in [6, 6.07) is 6.34. The van der Waals surface area contributed by atoms with Gasteiger partial charge in [-0.2, -0.15) is 0 Å². The average Bonchev–Trinajstić information content (AvgIpc) is 2.55. The number of anilines is 1. The molecule has 2 aromatic rings. The minimum Gasteiger partial charge on any atom is -0.339 e. The van der Waals surface area contributed by atoms with Gasteiger partial charge in [-0.3, -0.25) is 0 Å². The zero-order valence-corrected chi connectivity index (χ0v) is 15.1. The summed E-state index contributed by atoms with van der Waals surface area (Å²) >= 11 is 0. The Balaban J connectivity index is 1.88. The zero-order chi connectivity index (χ0) is 18.0. The van der Waals surface area contributed by atoms with Crippen molar-refractivity contribution in [3.8, 4) is 11.3 Å². The van der Waals surface area contributed by atoms with E-state index in [0.717, 1.165) is 31.2 Å². The number of piperidine rings is 1. The SMILES string of the molecule is Cc1cnc(N2CCCC(NS(C)(=O)=O)C2)nc1-c1ccccc1F. The second-order valence-electron chi connectivity index (χ2n) is 6.36. The highest BCUT2D eigenvalue weighted by Crippen LogP contribution is 2.26. The van der Waals surface area contributed by atoms with Crippen molar-refractivity contribution in [1.82, 2.24) is 14.7 Å². The molecule has 1 aliphatic heterocycles. The number of hydrogen-bond acceptors (Lipinski definition) is 5. The predicted molar refractivity (Wildman–Crippen MR) is 95.4 cm³/mol. The van der Waals surface area contributed by atoms with Crippen molar-refractivity contribution in [3.63, 3.8) is 0 Å². The van der Waals surface area contributed by atoms with Gasteiger partial charge in [0.1, 0.15) is 5.82 Å². The normalized spacial score (nSPS) is 18.4. The van der Waals surface area contributed by atoms with Crippen LogP contribution in [0.1, 0.15) is 18.4 Å². The van der Waals surface area contributed by atoms with E-state index in [1.807, 2.05) is 11.8 Å². The molecule has 1 N–H and O–H groups in total. The highest BCUT2D eigenvalue weighted by molar-refractivity contribution is 7.88. The molecule has 1 aromatic carbocycles. The van der Waals surface area contributed by atoms with Gasteiger partial charge < -0.3 is 4.90 Å². The number of rotatable bonds is 4. The van der Waals surface area contributed by atoms with Crippen LogP contribution in [-0.2, 0) is 10.0 Å². The first kappa shape index (κ1) is 17.8. The Kier molecular flexibility index (Phi) is 5.01. The fourth-order valence-corrected chi connectivity index (χ4v) is 3.87. The molecule has 1 aliphatic rings. The number of aromatic nitrogens is 2. The van der Waals surface area contributed by atoms with Gasteiger partial charge >= 0.3 is 0 Å². The summed E-state index contributed by atoms with van der Waals surface area (Å²) in [6.45, 7) is 3.07. The third-order valence-electron chi connectivity index (χ3n) is 4.17. The topological polar surface area (TPSA) is 75.2 Å². The van der Waals surface area contributed by atoms with Crippen LogP contribution in [0, 0.1) is 12.7 Å². The quantitative estimate of drug-likeness (QED) is 0.899. The number of nitrogens with zero attached hydrogens (tertiary/aromatic N) is 3. The van der Waals surface area contributed by atoms with E-state index in [0.29, 0.717) is 23.8 Å². The molecule has 1 unspecified atom stereocenters. The van der Waals surface area contributed by atoms with E-state index in [9.17, 15) is 12.8 Å². The van der Waals surface area contributed by atoms with Gasteiger partial charge in [0, 0.05) is 30.9 Å². The van der Waals surface area contributed by atoms with E-state index < -0.39 is 10.0 Å². The van der Waals surface area contributed by atoms with Crippen molar-refractivity contribution in [2.75, 3.05) is 24.2 Å². The molecule has 2 heterocycles. The third-order valence-corrected chi connectivity index (χ3v) is 4.93. The molecular weight excluding hydrogens is 343 g/mol. The molecule has 8 heteroatoms. The molecule has 1 fully saturated rings. The lowest BCUT2D eigenvalue weighted by atomic mass is 10.1. The molecule has 6 nitrogen and oxygen atoms in total. The molecule has 0 saturated carbocycles. The van der Waals surface area contributed by atoms with Crippen LogP contribution < -0.4 is 9.62 Å². The Morgan fingerprint density at radius 3 is 2.80 bits per heavy atom. The predicted octanol–water partition coefficient (Wildman–Crippen LogP) is 2.11. The fourth-order valence-electron chi connectivity index (χ4n) is 3.07. The van der Waals surface area contributed by atoms with Gasteiger partial charge in [-0.05, 0) is 37.5 Å². The van der Waals surface area contributed by atoms with Crippen LogP contribution in [0.4, 0.5) is 10.3 Å². The smallest absolute Gasteiger partial charge is 0.225 e. The van der Waals surface area contributed by atoms with Gasteiger partial charge in [0.05, 0.1) is 11.9 Å². The van der Waals surface area contributed by atoms with Crippen LogP contribution in [0.5, 0.6) is 0 Å². The van der Waals surface area contributed by atoms with Crippen LogP contribution in [-0.4, -0.2) is 43.8 Å². The standard InChI is InChI=1S/C17H21FN4O2S/c1-12-10-19-17(20-16(12)14-7-3-4-8-15(14)18)22-9-5-6-13(11-22)21-25(2,23)24/h3-4,7-8,10,13,21H,5-6,9,11H2,1-2H3. The average molecular weight is 364 g/mol. The molecule has 0 aliphatic carbocycles. The van der Waals surface area contributed by atoms with E-state index in [1.165, 1.54) is 6.07 Å². The van der Waals surface area contributed by atoms with E-state index >= 15 is 0 Å². The highest BCUT2D eigenvalue weighted by atomic mass is 32.2. The summed E-state index contributed by atoms with van der Waals surface area (Å²) in [5.74, 6) is 0.161. The number of nitrogens with one attached hydrogen (secondary N) is 1. The van der Waals surface area contributed by atoms with Crippen molar-refractivity contribution in [2.24, 2.45) is 0 Å². The summed E-state index contributed by atoms with van der Waals surface area (Å²) in [4.78, 5) is 10.9. The van der Waals surface area contributed by atoms with Crippen LogP contribution >= 0.6 is 0 Å². The first-order valence-electron chi connectivity index (χ1n) is 8.14. The maximum Gasteiger partial charge on any atom is 0.225 e. The number of aryl methyl sites for hydroxylation is 1. The van der Waals surface area contributed by atoms with Crippen LogP contribution in [0.15, 0.2) is 30.5 Å². The highest BCUT2D eigenvalue weighted by Gasteiger charge is 2.24. The van der Waals surface area contributed by atoms with E-state index in [1.54, 1.807) is 24.4 Å². The first-order valence-corrected chi connectivity index (χ1v) is 10.0. The van der Waals surface area contributed by atoms with Crippen molar-refractivity contribution >= 4 is 16.0 Å². The Bertz CT molecular complexity index is 873. The molecular formula is C17H21FN4O2S. The van der Waals surface area contributed by atoms with E-state index in [2.05, 4.69) is 14.7 Å². The van der Waals surface area contributed by atoms with Gasteiger partial charge in [0.2, 0.25) is 16.0 Å². The summed E-state index contributed by atoms with van der Waals surface area (Å²) < 4.78 is 39.7. The van der Waals surface area contributed by atoms with E-state index in [-0.39, 0.29) is 11.9 Å². The number of halogens is 1. The molecule has 25 heavy (non-hydrogen) atoms.